The maximum Gasteiger partial charge on any atom is 0.306 e. The van der Waals surface area contributed by atoms with E-state index in [1.54, 1.807) is 0 Å². The summed E-state index contributed by atoms with van der Waals surface area (Å²) >= 11 is 0. The molecule has 3 rings (SSSR count). The molecule has 2 saturated heterocycles. The first-order chi connectivity index (χ1) is 13.9. The van der Waals surface area contributed by atoms with E-state index in [2.05, 4.69) is 47.8 Å². The number of hydrogen-bond acceptors (Lipinski definition) is 4. The van der Waals surface area contributed by atoms with E-state index in [1.165, 1.54) is 0 Å². The van der Waals surface area contributed by atoms with Gasteiger partial charge in [-0.05, 0) is 31.0 Å². The maximum atomic E-state index is 11.7. The lowest BCUT2D eigenvalue weighted by Gasteiger charge is -2.18. The monoisotopic (exact) mass is 400 g/mol. The van der Waals surface area contributed by atoms with Crippen LogP contribution in [0.1, 0.15) is 18.9 Å². The van der Waals surface area contributed by atoms with Gasteiger partial charge in [-0.25, -0.2) is 9.98 Å². The van der Waals surface area contributed by atoms with Gasteiger partial charge in [0.2, 0.25) is 11.9 Å². The van der Waals surface area contributed by atoms with Crippen LogP contribution in [0.4, 0.5) is 11.4 Å². The van der Waals surface area contributed by atoms with Crippen LogP contribution in [0.2, 0.25) is 0 Å². The lowest BCUT2D eigenvalue weighted by molar-refractivity contribution is -0.143. The number of benzene rings is 1. The highest BCUT2D eigenvalue weighted by Crippen LogP contribution is 2.32. The Hall–Kier alpha value is -2.77. The van der Waals surface area contributed by atoms with Gasteiger partial charge in [0.25, 0.3) is 0 Å². The third kappa shape index (κ3) is 4.99. The first-order valence-corrected chi connectivity index (χ1v) is 10.2. The molecule has 2 aliphatic rings. The normalized spacial score (nSPS) is 16.7. The molecule has 0 aromatic heterocycles. The van der Waals surface area contributed by atoms with Gasteiger partial charge in [-0.3, -0.25) is 4.79 Å². The molecule has 2 aliphatic heterocycles. The van der Waals surface area contributed by atoms with E-state index in [9.17, 15) is 4.79 Å². The topological polar surface area (TPSA) is 64.0 Å². The molecule has 2 heterocycles. The minimum absolute atomic E-state index is 0.172. The predicted molar refractivity (Wildman–Crippen MR) is 116 cm³/mol. The first-order valence-electron chi connectivity index (χ1n) is 10.2. The minimum atomic E-state index is -0.172. The molecule has 0 radical (unpaired) electrons. The van der Waals surface area contributed by atoms with Crippen LogP contribution >= 0.6 is 0 Å². The number of rotatable bonds is 6. The number of likely N-dealkylation sites (N-methyl/N-ethyl adjacent to an activating group) is 4. The predicted octanol–water partition coefficient (Wildman–Crippen LogP) is 1.91. The zero-order chi connectivity index (χ0) is 21.0. The summed E-state index contributed by atoms with van der Waals surface area (Å²) in [4.78, 5) is 30.2. The molecular formula is C21H32N6O2. The van der Waals surface area contributed by atoms with Gasteiger partial charge < -0.3 is 24.3 Å². The van der Waals surface area contributed by atoms with Crippen molar-refractivity contribution in [1.82, 2.24) is 19.6 Å². The number of aryl methyl sites for hydroxylation is 1. The van der Waals surface area contributed by atoms with E-state index < -0.39 is 0 Å². The molecule has 0 aliphatic carbocycles. The summed E-state index contributed by atoms with van der Waals surface area (Å²) in [5, 5.41) is 0. The van der Waals surface area contributed by atoms with Gasteiger partial charge in [-0.15, -0.1) is 0 Å². The van der Waals surface area contributed by atoms with Crippen LogP contribution < -0.4 is 0 Å². The molecule has 0 spiro atoms. The number of esters is 1. The highest BCUT2D eigenvalue weighted by Gasteiger charge is 2.22. The van der Waals surface area contributed by atoms with Crippen molar-refractivity contribution in [3.05, 3.63) is 23.8 Å². The Morgan fingerprint density at radius 1 is 0.897 bits per heavy atom. The number of hydrogen-bond donors (Lipinski definition) is 0. The van der Waals surface area contributed by atoms with E-state index in [0.717, 1.165) is 55.0 Å². The fraction of sp³-hybridized carbons (Fsp3) is 0.571. The minimum Gasteiger partial charge on any atom is -0.466 e. The molecule has 1 aromatic carbocycles. The number of carbonyl (C=O) groups is 1. The molecule has 8 heteroatoms. The van der Waals surface area contributed by atoms with Gasteiger partial charge in [0.05, 0.1) is 18.0 Å². The molecule has 0 unspecified atom stereocenters. The van der Waals surface area contributed by atoms with Crippen molar-refractivity contribution in [2.75, 3.05) is 61.0 Å². The molecule has 0 atom stereocenters. The zero-order valence-corrected chi connectivity index (χ0v) is 18.2. The Morgan fingerprint density at radius 3 is 1.93 bits per heavy atom. The van der Waals surface area contributed by atoms with Crippen molar-refractivity contribution in [1.29, 1.82) is 0 Å². The van der Waals surface area contributed by atoms with Crippen LogP contribution in [-0.2, 0) is 16.0 Å². The number of ether oxygens (including phenoxy) is 1. The average Bonchev–Trinajstić information content (AvgIpc) is 3.18. The molecule has 0 amide bonds. The van der Waals surface area contributed by atoms with Crippen molar-refractivity contribution in [3.63, 3.8) is 0 Å². The number of nitrogens with zero attached hydrogens (tertiary/aromatic N) is 6. The third-order valence-corrected chi connectivity index (χ3v) is 5.31. The molecule has 8 nitrogen and oxygen atoms in total. The highest BCUT2D eigenvalue weighted by molar-refractivity contribution is 5.89. The van der Waals surface area contributed by atoms with Gasteiger partial charge in [0.15, 0.2) is 0 Å². The smallest absolute Gasteiger partial charge is 0.306 e. The molecule has 0 N–H and O–H groups in total. The number of carbonyl (C=O) groups excluding carboxylic acids is 1. The van der Waals surface area contributed by atoms with Crippen molar-refractivity contribution < 1.29 is 9.53 Å². The summed E-state index contributed by atoms with van der Waals surface area (Å²) < 4.78 is 5.05. The highest BCUT2D eigenvalue weighted by atomic mass is 16.5. The molecule has 0 bridgehead atoms. The van der Waals surface area contributed by atoms with Crippen molar-refractivity contribution >= 4 is 29.3 Å². The first kappa shape index (κ1) is 21.0. The summed E-state index contributed by atoms with van der Waals surface area (Å²) in [6, 6.07) is 6.07. The fourth-order valence-corrected chi connectivity index (χ4v) is 3.53. The lowest BCUT2D eigenvalue weighted by Crippen LogP contribution is -2.28. The van der Waals surface area contributed by atoms with Crippen LogP contribution in [0.15, 0.2) is 28.2 Å². The molecule has 158 valence electrons. The second-order valence-electron chi connectivity index (χ2n) is 7.64. The van der Waals surface area contributed by atoms with Crippen LogP contribution in [-0.4, -0.2) is 98.5 Å². The van der Waals surface area contributed by atoms with Gasteiger partial charge >= 0.3 is 5.97 Å². The maximum absolute atomic E-state index is 11.7. The molecule has 1 aromatic rings. The van der Waals surface area contributed by atoms with Crippen LogP contribution in [0.3, 0.4) is 0 Å². The standard InChI is InChI=1S/C21H32N6O2/c1-6-29-19(28)10-8-16-7-9-17(22-20-24(2)11-12-25(20)3)18(15-16)23-21-26(4)13-14-27(21)5/h7,9,15H,6,8,10-14H2,1-5H3. The Morgan fingerprint density at radius 2 is 1.41 bits per heavy atom. The van der Waals surface area contributed by atoms with Gasteiger partial charge in [-0.2, -0.15) is 0 Å². The van der Waals surface area contributed by atoms with Gasteiger partial charge in [0.1, 0.15) is 0 Å². The third-order valence-electron chi connectivity index (χ3n) is 5.31. The summed E-state index contributed by atoms with van der Waals surface area (Å²) in [5.74, 6) is 1.70. The number of aliphatic imine (C=N–C) groups is 2. The Balaban J connectivity index is 1.94. The van der Waals surface area contributed by atoms with E-state index in [1.807, 2.05) is 25.1 Å². The van der Waals surface area contributed by atoms with E-state index in [4.69, 9.17) is 14.7 Å². The Kier molecular flexibility index (Phi) is 6.61. The van der Waals surface area contributed by atoms with Crippen LogP contribution in [0, 0.1) is 0 Å². The Labute approximate surface area is 173 Å². The van der Waals surface area contributed by atoms with Crippen molar-refractivity contribution in [3.8, 4) is 0 Å². The second-order valence-corrected chi connectivity index (χ2v) is 7.64. The van der Waals surface area contributed by atoms with Gasteiger partial charge in [-0.1, -0.05) is 6.07 Å². The zero-order valence-electron chi connectivity index (χ0n) is 18.2. The van der Waals surface area contributed by atoms with Crippen LogP contribution in [0.5, 0.6) is 0 Å². The van der Waals surface area contributed by atoms with Crippen molar-refractivity contribution in [2.45, 2.75) is 19.8 Å². The largest absolute Gasteiger partial charge is 0.466 e. The summed E-state index contributed by atoms with van der Waals surface area (Å²) in [7, 11) is 8.22. The average molecular weight is 401 g/mol. The van der Waals surface area contributed by atoms with E-state index >= 15 is 0 Å². The van der Waals surface area contributed by atoms with Crippen molar-refractivity contribution in [2.24, 2.45) is 9.98 Å². The SMILES string of the molecule is CCOC(=O)CCc1ccc(N=C2N(C)CCN2C)c(N=C2N(C)CCN2C)c1. The summed E-state index contributed by atoms with van der Waals surface area (Å²) in [5.41, 5.74) is 2.71. The molecular weight excluding hydrogens is 368 g/mol. The lowest BCUT2D eigenvalue weighted by atomic mass is 10.1. The van der Waals surface area contributed by atoms with E-state index in [0.29, 0.717) is 19.4 Å². The molecule has 2 fully saturated rings. The van der Waals surface area contributed by atoms with Crippen LogP contribution in [0.25, 0.3) is 0 Å². The molecule has 0 saturated carbocycles. The van der Waals surface area contributed by atoms with Gasteiger partial charge in [0, 0.05) is 60.8 Å². The Bertz CT molecular complexity index is 782. The summed E-state index contributed by atoms with van der Waals surface area (Å²) in [6.45, 7) is 6.06. The molecule has 29 heavy (non-hydrogen) atoms. The number of guanidine groups is 2. The summed E-state index contributed by atoms with van der Waals surface area (Å²) in [6.07, 6.45) is 0.988. The second kappa shape index (κ2) is 9.15. The fourth-order valence-electron chi connectivity index (χ4n) is 3.53. The quantitative estimate of drug-likeness (QED) is 0.680. The van der Waals surface area contributed by atoms with E-state index in [-0.39, 0.29) is 5.97 Å².